The topological polar surface area (TPSA) is 92.5 Å². The van der Waals surface area contributed by atoms with Crippen molar-refractivity contribution in [3.63, 3.8) is 0 Å². The molecule has 0 bridgehead atoms. The molecule has 1 aliphatic heterocycles. The number of carbonyl (C=O) groups excluding carboxylic acids is 1. The van der Waals surface area contributed by atoms with Gasteiger partial charge in [-0.1, -0.05) is 13.8 Å². The molecule has 0 radical (unpaired) electrons. The molecule has 0 aliphatic carbocycles. The Bertz CT molecular complexity index is 345. The molecule has 2 unspecified atom stereocenters. The Balaban J connectivity index is 2.64. The maximum absolute atomic E-state index is 11.8. The molecule has 1 amide bonds. The molecule has 0 aromatic heterocycles. The molecule has 0 saturated carbocycles. The van der Waals surface area contributed by atoms with E-state index in [2.05, 4.69) is 4.72 Å². The van der Waals surface area contributed by atoms with Crippen molar-refractivity contribution in [3.8, 4) is 0 Å². The lowest BCUT2D eigenvalue weighted by atomic mass is 9.94. The van der Waals surface area contributed by atoms with E-state index in [1.54, 1.807) is 0 Å². The Labute approximate surface area is 96.4 Å². The number of nitrogens with two attached hydrogens (primary N) is 1. The number of hydrogen-bond donors (Lipinski definition) is 2. The second kappa shape index (κ2) is 5.11. The molecule has 3 N–H and O–H groups in total. The highest BCUT2D eigenvalue weighted by Gasteiger charge is 2.30. The first-order valence-electron chi connectivity index (χ1n) is 5.34. The molecule has 2 atom stereocenters. The van der Waals surface area contributed by atoms with E-state index >= 15 is 0 Å². The third kappa shape index (κ3) is 3.73. The molecule has 1 fully saturated rings. The Morgan fingerprint density at radius 3 is 2.31 bits per heavy atom. The number of hydrogen-bond acceptors (Lipinski definition) is 3. The summed E-state index contributed by atoms with van der Waals surface area (Å²) >= 11 is 0. The molecule has 1 rings (SSSR count). The van der Waals surface area contributed by atoms with Gasteiger partial charge >= 0.3 is 0 Å². The second-order valence-electron chi connectivity index (χ2n) is 4.56. The van der Waals surface area contributed by atoms with Gasteiger partial charge < -0.3 is 5.73 Å². The molecule has 94 valence electrons. The van der Waals surface area contributed by atoms with Crippen LogP contribution in [0.25, 0.3) is 0 Å². The van der Waals surface area contributed by atoms with Crippen molar-refractivity contribution in [1.82, 2.24) is 9.03 Å². The largest absolute Gasteiger partial charge is 0.369 e. The van der Waals surface area contributed by atoms with Gasteiger partial charge in [-0.25, -0.2) is 0 Å². The molecule has 1 saturated heterocycles. The van der Waals surface area contributed by atoms with E-state index in [0.29, 0.717) is 24.9 Å². The lowest BCUT2D eigenvalue weighted by Gasteiger charge is -2.33. The highest BCUT2D eigenvalue weighted by molar-refractivity contribution is 7.87. The average molecular weight is 249 g/mol. The maximum atomic E-state index is 11.8. The number of nitrogens with zero attached hydrogens (tertiary/aromatic N) is 1. The van der Waals surface area contributed by atoms with Gasteiger partial charge in [0.25, 0.3) is 10.2 Å². The van der Waals surface area contributed by atoms with Crippen LogP contribution < -0.4 is 10.5 Å². The van der Waals surface area contributed by atoms with E-state index in [1.165, 1.54) is 4.31 Å². The third-order valence-corrected chi connectivity index (χ3v) is 4.09. The predicted octanol–water partition coefficient (Wildman–Crippen LogP) is -0.716. The molecule has 1 heterocycles. The number of piperidine rings is 1. The molecule has 7 heteroatoms. The van der Waals surface area contributed by atoms with Crippen molar-refractivity contribution < 1.29 is 13.2 Å². The number of nitrogens with one attached hydrogen (secondary N) is 1. The van der Waals surface area contributed by atoms with E-state index in [-0.39, 0.29) is 6.54 Å². The fourth-order valence-electron chi connectivity index (χ4n) is 2.06. The Morgan fingerprint density at radius 2 is 1.88 bits per heavy atom. The van der Waals surface area contributed by atoms with Gasteiger partial charge in [-0.2, -0.15) is 17.4 Å². The van der Waals surface area contributed by atoms with Gasteiger partial charge in [0.05, 0.1) is 6.54 Å². The standard InChI is InChI=1S/C9H19N3O3S/c1-7-3-8(2)6-12(5-7)16(14,15)11-4-9(10)13/h7-8,11H,3-6H2,1-2H3,(H2,10,13). The predicted molar refractivity (Wildman–Crippen MR) is 60.6 cm³/mol. The maximum Gasteiger partial charge on any atom is 0.279 e. The lowest BCUT2D eigenvalue weighted by molar-refractivity contribution is -0.116. The fourth-order valence-corrected chi connectivity index (χ4v) is 3.46. The van der Waals surface area contributed by atoms with Gasteiger partial charge in [0.15, 0.2) is 0 Å². The van der Waals surface area contributed by atoms with E-state index in [0.717, 1.165) is 6.42 Å². The zero-order chi connectivity index (χ0) is 12.3. The van der Waals surface area contributed by atoms with Crippen molar-refractivity contribution in [2.45, 2.75) is 20.3 Å². The lowest BCUT2D eigenvalue weighted by Crippen LogP contribution is -2.49. The van der Waals surface area contributed by atoms with E-state index in [9.17, 15) is 13.2 Å². The molecule has 0 spiro atoms. The van der Waals surface area contributed by atoms with Crippen LogP contribution in [0.15, 0.2) is 0 Å². The van der Waals surface area contributed by atoms with E-state index < -0.39 is 16.1 Å². The van der Waals surface area contributed by atoms with Gasteiger partial charge in [-0.05, 0) is 18.3 Å². The van der Waals surface area contributed by atoms with Crippen molar-refractivity contribution in [1.29, 1.82) is 0 Å². The van der Waals surface area contributed by atoms with Crippen LogP contribution in [0.5, 0.6) is 0 Å². The molecule has 1 aliphatic rings. The van der Waals surface area contributed by atoms with Gasteiger partial charge in [0.2, 0.25) is 5.91 Å². The highest BCUT2D eigenvalue weighted by Crippen LogP contribution is 2.22. The Kier molecular flexibility index (Phi) is 4.28. The van der Waals surface area contributed by atoms with Crippen LogP contribution in [0.4, 0.5) is 0 Å². The third-order valence-electron chi connectivity index (χ3n) is 2.60. The number of rotatable bonds is 4. The van der Waals surface area contributed by atoms with Crippen LogP contribution in [0.1, 0.15) is 20.3 Å². The fraction of sp³-hybridized carbons (Fsp3) is 0.889. The molecule has 0 aromatic carbocycles. The van der Waals surface area contributed by atoms with Gasteiger partial charge in [-0.15, -0.1) is 0 Å². The second-order valence-corrected chi connectivity index (χ2v) is 6.31. The summed E-state index contributed by atoms with van der Waals surface area (Å²) < 4.78 is 27.2. The normalized spacial score (nSPS) is 27.9. The smallest absolute Gasteiger partial charge is 0.279 e. The first-order chi connectivity index (χ1) is 7.31. The minimum atomic E-state index is -3.56. The van der Waals surface area contributed by atoms with Crippen molar-refractivity contribution >= 4 is 16.1 Å². The summed E-state index contributed by atoms with van der Waals surface area (Å²) in [6.45, 7) is 4.69. The number of carbonyl (C=O) groups is 1. The molecule has 6 nitrogen and oxygen atoms in total. The molecular weight excluding hydrogens is 230 g/mol. The van der Waals surface area contributed by atoms with Crippen LogP contribution in [0.3, 0.4) is 0 Å². The van der Waals surface area contributed by atoms with Crippen molar-refractivity contribution in [2.24, 2.45) is 17.6 Å². The first kappa shape index (κ1) is 13.4. The van der Waals surface area contributed by atoms with E-state index in [1.807, 2.05) is 13.8 Å². The highest BCUT2D eigenvalue weighted by atomic mass is 32.2. The monoisotopic (exact) mass is 249 g/mol. The summed E-state index contributed by atoms with van der Waals surface area (Å²) in [5.74, 6) is 0.00416. The van der Waals surface area contributed by atoms with Crippen molar-refractivity contribution in [3.05, 3.63) is 0 Å². The van der Waals surface area contributed by atoms with Crippen LogP contribution in [0, 0.1) is 11.8 Å². The van der Waals surface area contributed by atoms with Crippen LogP contribution in [-0.4, -0.2) is 38.3 Å². The van der Waals surface area contributed by atoms with Gasteiger partial charge in [-0.3, -0.25) is 4.79 Å². The SMILES string of the molecule is CC1CC(C)CN(S(=O)(=O)NCC(N)=O)C1. The van der Waals surface area contributed by atoms with Crippen LogP contribution in [0.2, 0.25) is 0 Å². The minimum Gasteiger partial charge on any atom is -0.369 e. The Hall–Kier alpha value is -0.660. The average Bonchev–Trinajstić information content (AvgIpc) is 2.13. The number of amides is 1. The minimum absolute atomic E-state index is 0.342. The Morgan fingerprint density at radius 1 is 1.38 bits per heavy atom. The summed E-state index contributed by atoms with van der Waals surface area (Å²) in [4.78, 5) is 10.5. The number of primary amides is 1. The van der Waals surface area contributed by atoms with Crippen LogP contribution >= 0.6 is 0 Å². The zero-order valence-electron chi connectivity index (χ0n) is 9.64. The molecule has 16 heavy (non-hydrogen) atoms. The summed E-state index contributed by atoms with van der Waals surface area (Å²) in [6.07, 6.45) is 1.03. The summed E-state index contributed by atoms with van der Waals surface area (Å²) in [6, 6.07) is 0. The summed E-state index contributed by atoms with van der Waals surface area (Å²) in [7, 11) is -3.56. The molecular formula is C9H19N3O3S. The zero-order valence-corrected chi connectivity index (χ0v) is 10.5. The van der Waals surface area contributed by atoms with Crippen molar-refractivity contribution in [2.75, 3.05) is 19.6 Å². The summed E-state index contributed by atoms with van der Waals surface area (Å²) in [5.41, 5.74) is 4.90. The van der Waals surface area contributed by atoms with Gasteiger partial charge in [0.1, 0.15) is 0 Å². The summed E-state index contributed by atoms with van der Waals surface area (Å²) in [5, 5.41) is 0. The van der Waals surface area contributed by atoms with Crippen LogP contribution in [-0.2, 0) is 15.0 Å². The van der Waals surface area contributed by atoms with E-state index in [4.69, 9.17) is 5.73 Å². The first-order valence-corrected chi connectivity index (χ1v) is 6.78. The quantitative estimate of drug-likeness (QED) is 0.689. The molecule has 0 aromatic rings. The van der Waals surface area contributed by atoms with Gasteiger partial charge in [0, 0.05) is 13.1 Å².